The van der Waals surface area contributed by atoms with Crippen LogP contribution in [0.5, 0.6) is 0 Å². The van der Waals surface area contributed by atoms with Crippen LogP contribution in [-0.4, -0.2) is 28.2 Å². The number of benzene rings is 15. The number of hydrogen-bond acceptors (Lipinski definition) is 2. The Hall–Kier alpha value is -12.9. The molecule has 2 aliphatic carbocycles. The van der Waals surface area contributed by atoms with Crippen LogP contribution < -0.4 is 0 Å². The van der Waals surface area contributed by atoms with Gasteiger partial charge < -0.3 is 13.7 Å². The zero-order valence-electron chi connectivity index (χ0n) is 56.7. The summed E-state index contributed by atoms with van der Waals surface area (Å²) in [6.45, 7) is 9.44. The summed E-state index contributed by atoms with van der Waals surface area (Å²) >= 11 is 0. The molecule has 102 heavy (non-hydrogen) atoms. The highest BCUT2D eigenvalue weighted by Gasteiger charge is 2.37. The van der Waals surface area contributed by atoms with Gasteiger partial charge in [-0.3, -0.25) is 4.57 Å². The van der Waals surface area contributed by atoms with E-state index >= 15 is 0 Å². The fourth-order valence-corrected chi connectivity index (χ4v) is 18.2. The number of para-hydroxylation sites is 5. The van der Waals surface area contributed by atoms with E-state index in [1.807, 2.05) is 0 Å². The average Bonchev–Trinajstić information content (AvgIpc) is 1.57. The third-order valence-electron chi connectivity index (χ3n) is 23.2. The lowest BCUT2D eigenvalue weighted by Crippen LogP contribution is -2.15. The Morgan fingerprint density at radius 2 is 0.569 bits per heavy atom. The van der Waals surface area contributed by atoms with Gasteiger partial charge in [0.05, 0.1) is 55.3 Å². The topological polar surface area (TPSA) is 45.5 Å². The number of aromatic nitrogens is 6. The molecule has 6 nitrogen and oxygen atoms in total. The summed E-state index contributed by atoms with van der Waals surface area (Å²) < 4.78 is 9.61. The van der Waals surface area contributed by atoms with Crippen molar-refractivity contribution >= 4 is 109 Å². The third kappa shape index (κ3) is 8.00. The molecule has 6 heteroatoms. The Kier molecular flexibility index (Phi) is 11.7. The van der Waals surface area contributed by atoms with E-state index < -0.39 is 0 Å². The predicted octanol–water partition coefficient (Wildman–Crippen LogP) is 24.8. The Labute approximate surface area is 588 Å². The number of hydrogen-bond donors (Lipinski definition) is 0. The highest BCUT2D eigenvalue weighted by Crippen LogP contribution is 2.52. The molecule has 22 rings (SSSR count). The first kappa shape index (κ1) is 57.0. The normalized spacial score (nSPS) is 13.6. The van der Waals surface area contributed by atoms with E-state index in [4.69, 9.17) is 9.97 Å². The molecule has 0 bridgehead atoms. The molecule has 0 saturated carbocycles. The molecule has 478 valence electrons. The van der Waals surface area contributed by atoms with Crippen LogP contribution in [0.1, 0.15) is 49.9 Å². The summed E-state index contributed by atoms with van der Waals surface area (Å²) in [7, 11) is 0. The Bertz CT molecular complexity index is 7080. The van der Waals surface area contributed by atoms with Crippen LogP contribution in [0, 0.1) is 0 Å². The summed E-state index contributed by atoms with van der Waals surface area (Å²) in [6.07, 6.45) is 0. The zero-order valence-corrected chi connectivity index (χ0v) is 56.7. The van der Waals surface area contributed by atoms with Crippen LogP contribution in [0.3, 0.4) is 0 Å². The van der Waals surface area contributed by atoms with E-state index in [-0.39, 0.29) is 10.8 Å². The van der Waals surface area contributed by atoms with E-state index in [9.17, 15) is 0 Å². The minimum Gasteiger partial charge on any atom is -0.309 e. The van der Waals surface area contributed by atoms with Gasteiger partial charge in [-0.25, -0.2) is 9.97 Å². The molecule has 0 aliphatic heterocycles. The van der Waals surface area contributed by atoms with E-state index in [1.165, 1.54) is 127 Å². The SMILES string of the molecule is CC1(C)c2ccccc2-c2ccc(-n3c4ccccc4c4cc(-c5ccc6c(c5)c5ccccc5n6-c5ccc6ccc(-c7nc(-n8c9ccccc9c9cc(-c%10ccc%11c(c%10)c%10ccccc%10n%11-c%10ccc%11c(c%10)C(C)(C)c%10ccccc%10-%11)ccc98)nc8ccccc78)cc6c5)ccc43)cc21. The van der Waals surface area contributed by atoms with Crippen LogP contribution >= 0.6 is 0 Å². The number of rotatable bonds is 7. The van der Waals surface area contributed by atoms with Crippen LogP contribution in [0.4, 0.5) is 0 Å². The maximum absolute atomic E-state index is 5.63. The van der Waals surface area contributed by atoms with Gasteiger partial charge in [0.2, 0.25) is 5.95 Å². The quantitative estimate of drug-likeness (QED) is 0.160. The average molecular weight is 1300 g/mol. The van der Waals surface area contributed by atoms with Gasteiger partial charge in [-0.05, 0) is 199 Å². The van der Waals surface area contributed by atoms with Gasteiger partial charge in [0.1, 0.15) is 0 Å². The number of fused-ring (bicyclic) bond motifs is 20. The molecular weight excluding hydrogens is 1240 g/mol. The fraction of sp³-hybridized carbons (Fsp3) is 0.0625. The highest BCUT2D eigenvalue weighted by atomic mass is 15.2. The standard InChI is InChI=1S/C96H64N6/c1-95(2)80-26-12-5-19-67(80)69-43-41-65(55-82(69)95)100-86-30-16-9-22-72(86)77-52-59(37-46-90(77)100)58-36-45-89-76(51-58)71-21-8-15-29-85(71)99(89)64-40-35-57-33-34-62(49-63(57)50-64)93-75-25-7-14-28-84(75)97-94(98-93)102-88-32-18-11-24-74(88)79-54-61(39-48-92(79)102)60-38-47-91-78(53-60)73-23-10-17-31-87(73)101(91)66-42-44-70-68-20-6-13-27-81(68)96(3,4)83(70)56-66/h5-56H,1-4H3. The van der Waals surface area contributed by atoms with Gasteiger partial charge >= 0.3 is 0 Å². The van der Waals surface area contributed by atoms with Crippen molar-refractivity contribution in [1.82, 2.24) is 28.2 Å². The summed E-state index contributed by atoms with van der Waals surface area (Å²) in [5.41, 5.74) is 30.8. The summed E-state index contributed by atoms with van der Waals surface area (Å²) in [6, 6.07) is 117. The van der Waals surface area contributed by atoms with Crippen LogP contribution in [0.15, 0.2) is 315 Å². The van der Waals surface area contributed by atoms with E-state index in [0.29, 0.717) is 5.95 Å². The second kappa shape index (κ2) is 20.8. The second-order valence-corrected chi connectivity index (χ2v) is 29.3. The third-order valence-corrected chi connectivity index (χ3v) is 23.2. The predicted molar refractivity (Wildman–Crippen MR) is 426 cm³/mol. The number of nitrogens with zero attached hydrogens (tertiary/aromatic N) is 6. The van der Waals surface area contributed by atoms with Crippen molar-refractivity contribution in [3.63, 3.8) is 0 Å². The van der Waals surface area contributed by atoms with E-state index in [0.717, 1.165) is 77.0 Å². The van der Waals surface area contributed by atoms with Gasteiger partial charge in [0, 0.05) is 81.9 Å². The van der Waals surface area contributed by atoms with Crippen LogP contribution in [-0.2, 0) is 10.8 Å². The summed E-state index contributed by atoms with van der Waals surface area (Å²) in [4.78, 5) is 11.0. The molecule has 0 saturated heterocycles. The van der Waals surface area contributed by atoms with Crippen molar-refractivity contribution in [2.24, 2.45) is 0 Å². The molecule has 0 amide bonds. The first-order valence-corrected chi connectivity index (χ1v) is 35.5. The van der Waals surface area contributed by atoms with Gasteiger partial charge in [0.25, 0.3) is 0 Å². The molecule has 0 unspecified atom stereocenters. The maximum Gasteiger partial charge on any atom is 0.235 e. The van der Waals surface area contributed by atoms with E-state index in [1.54, 1.807) is 0 Å². The highest BCUT2D eigenvalue weighted by molar-refractivity contribution is 6.15. The van der Waals surface area contributed by atoms with Crippen molar-refractivity contribution in [1.29, 1.82) is 0 Å². The summed E-state index contributed by atoms with van der Waals surface area (Å²) in [5.74, 6) is 0.631. The van der Waals surface area contributed by atoms with Crippen molar-refractivity contribution < 1.29 is 0 Å². The Morgan fingerprint density at radius 1 is 0.225 bits per heavy atom. The molecule has 20 aromatic rings. The first-order chi connectivity index (χ1) is 50.1. The molecule has 0 radical (unpaired) electrons. The van der Waals surface area contributed by atoms with Crippen LogP contribution in [0.2, 0.25) is 0 Å². The first-order valence-electron chi connectivity index (χ1n) is 35.5. The molecule has 0 atom stereocenters. The molecule has 5 heterocycles. The zero-order chi connectivity index (χ0) is 67.4. The van der Waals surface area contributed by atoms with Crippen molar-refractivity contribution in [2.75, 3.05) is 0 Å². The van der Waals surface area contributed by atoms with Crippen molar-refractivity contribution in [2.45, 2.75) is 38.5 Å². The van der Waals surface area contributed by atoms with Crippen molar-refractivity contribution in [3.8, 4) is 78.8 Å². The van der Waals surface area contributed by atoms with Crippen molar-refractivity contribution in [3.05, 3.63) is 338 Å². The second-order valence-electron chi connectivity index (χ2n) is 29.3. The molecule has 0 N–H and O–H groups in total. The largest absolute Gasteiger partial charge is 0.309 e. The van der Waals surface area contributed by atoms with Gasteiger partial charge in [-0.1, -0.05) is 222 Å². The minimum atomic E-state index is -0.101. The maximum atomic E-state index is 5.63. The lowest BCUT2D eigenvalue weighted by atomic mass is 9.82. The summed E-state index contributed by atoms with van der Waals surface area (Å²) in [5, 5.41) is 13.0. The molecule has 15 aromatic carbocycles. The van der Waals surface area contributed by atoms with E-state index in [2.05, 4.69) is 361 Å². The monoisotopic (exact) mass is 1300 g/mol. The molecule has 0 fully saturated rings. The Morgan fingerprint density at radius 3 is 1.04 bits per heavy atom. The molecule has 2 aliphatic rings. The van der Waals surface area contributed by atoms with Crippen LogP contribution in [0.25, 0.3) is 188 Å². The lowest BCUT2D eigenvalue weighted by Gasteiger charge is -2.22. The minimum absolute atomic E-state index is 0.0951. The van der Waals surface area contributed by atoms with Gasteiger partial charge in [-0.2, -0.15) is 0 Å². The van der Waals surface area contributed by atoms with Gasteiger partial charge in [0.15, 0.2) is 0 Å². The molecule has 5 aromatic heterocycles. The lowest BCUT2D eigenvalue weighted by molar-refractivity contribution is 0.660. The Balaban J connectivity index is 0.620. The smallest absolute Gasteiger partial charge is 0.235 e. The van der Waals surface area contributed by atoms with Gasteiger partial charge in [-0.15, -0.1) is 0 Å². The fourth-order valence-electron chi connectivity index (χ4n) is 18.2. The molecular formula is C96H64N6. The molecule has 0 spiro atoms.